The molecule has 4 nitrogen and oxygen atoms in total. The molecule has 0 saturated heterocycles. The molecule has 4 heteroatoms. The maximum Gasteiger partial charge on any atom is 0.338 e. The summed E-state index contributed by atoms with van der Waals surface area (Å²) in [6.07, 6.45) is 13.7. The Kier molecular flexibility index (Phi) is 8.53. The van der Waals surface area contributed by atoms with Crippen molar-refractivity contribution in [3.05, 3.63) is 47.5 Å². The van der Waals surface area contributed by atoms with Crippen LogP contribution in [0.15, 0.2) is 42.0 Å². The van der Waals surface area contributed by atoms with Gasteiger partial charge < -0.3 is 9.84 Å². The fourth-order valence-electron chi connectivity index (χ4n) is 11.1. The number of carbonyl (C=O) groups is 2. The molecule has 0 spiro atoms. The van der Waals surface area contributed by atoms with E-state index in [9.17, 15) is 14.7 Å². The van der Waals surface area contributed by atoms with Crippen LogP contribution in [0.1, 0.15) is 129 Å². The molecule has 3 fully saturated rings. The van der Waals surface area contributed by atoms with Crippen LogP contribution in [0.2, 0.25) is 0 Å². The standard InChI is InChI=1S/C38H56O4/c1-25(2)12-11-13-26(3)28-19-23-38(24-33(39)40)30-16-17-31-35(4,5)32(42-34(41)27-14-9-8-10-15-27)20-21-36(31,6)29(30)18-22-37(28,38)7/h8-10,14-16,25-26,28-29,31-32H,11-13,17-24H2,1-7H3,(H,39,40)/t26-,28-,29+,31?,32+,36-,37-,38-/m1/s1. The second-order valence-corrected chi connectivity index (χ2v) is 16.2. The van der Waals surface area contributed by atoms with Crippen LogP contribution in [0.25, 0.3) is 0 Å². The number of aliphatic carboxylic acids is 1. The second kappa shape index (κ2) is 11.4. The fraction of sp³-hybridized carbons (Fsp3) is 0.737. The Morgan fingerprint density at radius 2 is 1.67 bits per heavy atom. The van der Waals surface area contributed by atoms with E-state index in [1.165, 1.54) is 24.8 Å². The summed E-state index contributed by atoms with van der Waals surface area (Å²) in [5.41, 5.74) is 1.81. The van der Waals surface area contributed by atoms with Gasteiger partial charge in [0, 0.05) is 10.8 Å². The van der Waals surface area contributed by atoms with Crippen molar-refractivity contribution >= 4 is 11.9 Å². The van der Waals surface area contributed by atoms with E-state index in [1.807, 2.05) is 30.3 Å². The lowest BCUT2D eigenvalue weighted by atomic mass is 9.40. The molecule has 232 valence electrons. The third kappa shape index (κ3) is 5.07. The summed E-state index contributed by atoms with van der Waals surface area (Å²) >= 11 is 0. The maximum atomic E-state index is 13.1. The molecule has 4 aliphatic rings. The molecular weight excluding hydrogens is 520 g/mol. The SMILES string of the molecule is CC(C)CCC[C@@H](C)[C@H]1CC[C@@]2(CC(=O)O)C3=CCC4C(C)(C)[C@@H](OC(=O)c5ccccc5)CC[C@]4(C)[C@H]3CC[C@]12C. The molecule has 1 aromatic rings. The summed E-state index contributed by atoms with van der Waals surface area (Å²) in [6, 6.07) is 9.36. The number of carbonyl (C=O) groups excluding carboxylic acids is 1. The highest BCUT2D eigenvalue weighted by Crippen LogP contribution is 2.74. The van der Waals surface area contributed by atoms with E-state index in [0.29, 0.717) is 29.2 Å². The zero-order chi connectivity index (χ0) is 30.5. The molecule has 8 atom stereocenters. The first-order chi connectivity index (χ1) is 19.8. The predicted octanol–water partition coefficient (Wildman–Crippen LogP) is 9.73. The van der Waals surface area contributed by atoms with Gasteiger partial charge in [-0.3, -0.25) is 4.79 Å². The number of rotatable bonds is 9. The first-order valence-corrected chi connectivity index (χ1v) is 16.9. The quantitative estimate of drug-likeness (QED) is 0.235. The highest BCUT2D eigenvalue weighted by atomic mass is 16.5. The van der Waals surface area contributed by atoms with Crippen LogP contribution in [0.3, 0.4) is 0 Å². The summed E-state index contributed by atoms with van der Waals surface area (Å²) in [5.74, 6) is 1.88. The lowest BCUT2D eigenvalue weighted by molar-refractivity contribution is -0.149. The first kappa shape index (κ1) is 31.3. The first-order valence-electron chi connectivity index (χ1n) is 16.9. The van der Waals surface area contributed by atoms with E-state index in [4.69, 9.17) is 4.74 Å². The molecule has 0 heterocycles. The van der Waals surface area contributed by atoms with E-state index < -0.39 is 5.97 Å². The molecule has 0 aromatic heterocycles. The molecule has 1 N–H and O–H groups in total. The van der Waals surface area contributed by atoms with Gasteiger partial charge in [0.05, 0.1) is 12.0 Å². The number of carboxylic acid groups (broad SMARTS) is 1. The predicted molar refractivity (Wildman–Crippen MR) is 169 cm³/mol. The van der Waals surface area contributed by atoms with Crippen LogP contribution < -0.4 is 0 Å². The number of benzene rings is 1. The fourth-order valence-corrected chi connectivity index (χ4v) is 11.1. The molecule has 4 aliphatic carbocycles. The van der Waals surface area contributed by atoms with Gasteiger partial charge in [-0.1, -0.05) is 97.6 Å². The summed E-state index contributed by atoms with van der Waals surface area (Å²) in [4.78, 5) is 25.7. The van der Waals surface area contributed by atoms with Crippen LogP contribution in [-0.4, -0.2) is 23.1 Å². The molecular formula is C38H56O4. The van der Waals surface area contributed by atoms with Crippen molar-refractivity contribution < 1.29 is 19.4 Å². The minimum Gasteiger partial charge on any atom is -0.481 e. The summed E-state index contributed by atoms with van der Waals surface area (Å²) in [5, 5.41) is 10.4. The lowest BCUT2D eigenvalue weighted by Crippen LogP contribution is -2.59. The van der Waals surface area contributed by atoms with Crippen LogP contribution in [-0.2, 0) is 9.53 Å². The smallest absolute Gasteiger partial charge is 0.338 e. The third-order valence-electron chi connectivity index (χ3n) is 13.4. The van der Waals surface area contributed by atoms with Crippen LogP contribution in [0.5, 0.6) is 0 Å². The molecule has 5 rings (SSSR count). The Bertz CT molecular complexity index is 1180. The number of hydrogen-bond acceptors (Lipinski definition) is 3. The molecule has 1 unspecified atom stereocenters. The molecule has 1 aromatic carbocycles. The molecule has 0 aliphatic heterocycles. The highest BCUT2D eigenvalue weighted by Gasteiger charge is 2.67. The second-order valence-electron chi connectivity index (χ2n) is 16.2. The average molecular weight is 577 g/mol. The molecule has 0 radical (unpaired) electrons. The minimum absolute atomic E-state index is 0.0338. The molecule has 42 heavy (non-hydrogen) atoms. The number of carboxylic acids is 1. The van der Waals surface area contributed by atoms with Crippen LogP contribution in [0.4, 0.5) is 0 Å². The van der Waals surface area contributed by atoms with Crippen LogP contribution in [0, 0.1) is 51.2 Å². The summed E-state index contributed by atoms with van der Waals surface area (Å²) in [7, 11) is 0. The number of allylic oxidation sites excluding steroid dienone is 2. The number of hydrogen-bond donors (Lipinski definition) is 1. The Morgan fingerprint density at radius 3 is 2.33 bits per heavy atom. The van der Waals surface area contributed by atoms with E-state index in [0.717, 1.165) is 50.9 Å². The van der Waals surface area contributed by atoms with E-state index in [1.54, 1.807) is 0 Å². The summed E-state index contributed by atoms with van der Waals surface area (Å²) in [6.45, 7) is 16.7. The van der Waals surface area contributed by atoms with Crippen molar-refractivity contribution in [1.82, 2.24) is 0 Å². The zero-order valence-electron chi connectivity index (χ0n) is 27.4. The van der Waals surface area contributed by atoms with E-state index in [-0.39, 0.29) is 40.2 Å². The molecule has 0 bridgehead atoms. The Hall–Kier alpha value is -2.10. The van der Waals surface area contributed by atoms with E-state index in [2.05, 4.69) is 54.5 Å². The van der Waals surface area contributed by atoms with Crippen LogP contribution >= 0.6 is 0 Å². The topological polar surface area (TPSA) is 63.6 Å². The largest absolute Gasteiger partial charge is 0.481 e. The van der Waals surface area contributed by atoms with Gasteiger partial charge in [0.25, 0.3) is 0 Å². The van der Waals surface area contributed by atoms with Gasteiger partial charge in [-0.05, 0) is 97.5 Å². The van der Waals surface area contributed by atoms with Gasteiger partial charge in [0.15, 0.2) is 0 Å². The number of fused-ring (bicyclic) bond motifs is 5. The van der Waals surface area contributed by atoms with Gasteiger partial charge in [-0.25, -0.2) is 4.79 Å². The van der Waals surface area contributed by atoms with Crippen molar-refractivity contribution in [3.8, 4) is 0 Å². The monoisotopic (exact) mass is 576 g/mol. The zero-order valence-corrected chi connectivity index (χ0v) is 27.4. The van der Waals surface area contributed by atoms with Gasteiger partial charge in [0.2, 0.25) is 0 Å². The Balaban J connectivity index is 1.43. The van der Waals surface area contributed by atoms with Crippen molar-refractivity contribution in [3.63, 3.8) is 0 Å². The Morgan fingerprint density at radius 1 is 0.952 bits per heavy atom. The number of ether oxygens (including phenoxy) is 1. The van der Waals surface area contributed by atoms with Gasteiger partial charge in [-0.2, -0.15) is 0 Å². The normalized spacial score (nSPS) is 37.7. The molecule has 3 saturated carbocycles. The van der Waals surface area contributed by atoms with Crippen molar-refractivity contribution in [2.45, 2.75) is 125 Å². The number of esters is 1. The lowest BCUT2D eigenvalue weighted by Gasteiger charge is -2.65. The van der Waals surface area contributed by atoms with Gasteiger partial charge in [-0.15, -0.1) is 0 Å². The maximum absolute atomic E-state index is 13.1. The average Bonchev–Trinajstić information content (AvgIpc) is 3.22. The van der Waals surface area contributed by atoms with Crippen molar-refractivity contribution in [1.29, 1.82) is 0 Å². The third-order valence-corrected chi connectivity index (χ3v) is 13.4. The minimum atomic E-state index is -0.639. The van der Waals surface area contributed by atoms with Gasteiger partial charge in [0.1, 0.15) is 6.10 Å². The Labute approximate surface area is 255 Å². The van der Waals surface area contributed by atoms with Gasteiger partial charge >= 0.3 is 11.9 Å². The van der Waals surface area contributed by atoms with E-state index >= 15 is 0 Å². The summed E-state index contributed by atoms with van der Waals surface area (Å²) < 4.78 is 6.23. The van der Waals surface area contributed by atoms with Crippen molar-refractivity contribution in [2.75, 3.05) is 0 Å². The molecule has 0 amide bonds. The highest BCUT2D eigenvalue weighted by molar-refractivity contribution is 5.89. The van der Waals surface area contributed by atoms with Crippen molar-refractivity contribution in [2.24, 2.45) is 51.2 Å².